The summed E-state index contributed by atoms with van der Waals surface area (Å²) in [5.41, 5.74) is 11.0. The molecule has 13 nitrogen and oxygen atoms in total. The van der Waals surface area contributed by atoms with Crippen molar-refractivity contribution in [2.24, 2.45) is 20.0 Å². The van der Waals surface area contributed by atoms with E-state index in [0.717, 1.165) is 12.4 Å². The quantitative estimate of drug-likeness (QED) is 0.102. The van der Waals surface area contributed by atoms with Gasteiger partial charge in [0.2, 0.25) is 0 Å². The topological polar surface area (TPSA) is 234 Å². The second kappa shape index (κ2) is 111. The molecule has 0 aliphatic carbocycles. The molecule has 0 radical (unpaired) electrons. The third kappa shape index (κ3) is 245. The van der Waals surface area contributed by atoms with Crippen molar-refractivity contribution < 1.29 is 123 Å². The first-order valence-corrected chi connectivity index (χ1v) is 8.60. The first kappa shape index (κ1) is 76.7. The molecule has 21 heteroatoms. The molecule has 36 heavy (non-hydrogen) atoms. The van der Waals surface area contributed by atoms with E-state index in [-0.39, 0.29) is 142 Å². The normalized spacial score (nSPS) is 4.33. The Hall–Kier alpha value is 0.680. The van der Waals surface area contributed by atoms with Crippen molar-refractivity contribution in [1.82, 2.24) is 10.6 Å². The van der Waals surface area contributed by atoms with Crippen LogP contribution in [0.25, 0.3) is 22.3 Å². The molecule has 0 unspecified atom stereocenters. The van der Waals surface area contributed by atoms with Crippen LogP contribution in [0.15, 0.2) is 20.0 Å². The van der Waals surface area contributed by atoms with Crippen LogP contribution < -0.4 is 129 Å². The predicted molar refractivity (Wildman–Crippen MR) is 146 cm³/mol. The second-order valence-corrected chi connectivity index (χ2v) is 3.84. The van der Waals surface area contributed by atoms with E-state index < -0.39 is 0 Å². The van der Waals surface area contributed by atoms with E-state index in [4.69, 9.17) is 37.9 Å². The summed E-state index contributed by atoms with van der Waals surface area (Å²) in [5, 5.41) is 46.9. The van der Waals surface area contributed by atoms with Crippen LogP contribution in [0.5, 0.6) is 0 Å². The summed E-state index contributed by atoms with van der Waals surface area (Å²) < 4.78 is 0. The first-order chi connectivity index (χ1) is 14.7. The number of hydrogen-bond donors (Lipinski definition) is 3. The summed E-state index contributed by atoms with van der Waals surface area (Å²) in [7, 11) is 6.41. The Morgan fingerprint density at radius 1 is 0.833 bits per heavy atom. The SMILES string of the molecule is C.CCO.CN=C=S.CN=C=S.CNC(=S)N=C=[N-].CNC(=S)N=C=[N-].N#C[NH-].N#C[NH-].[Na+].[Na+].[Na+].[Na+]. The van der Waals surface area contributed by atoms with Crippen molar-refractivity contribution in [1.29, 1.82) is 10.5 Å². The van der Waals surface area contributed by atoms with Crippen LogP contribution in [0, 0.1) is 22.9 Å². The van der Waals surface area contributed by atoms with Crippen LogP contribution in [0.4, 0.5) is 0 Å². The number of aliphatic hydroxyl groups is 1. The number of aliphatic hydroxyl groups excluding tert-OH is 1. The van der Waals surface area contributed by atoms with Gasteiger partial charge in [-0.15, -0.1) is 12.0 Å². The van der Waals surface area contributed by atoms with Gasteiger partial charge in [-0.2, -0.15) is 0 Å². The molecule has 0 saturated heterocycles. The molecule has 180 valence electrons. The van der Waals surface area contributed by atoms with Gasteiger partial charge in [-0.05, 0) is 31.4 Å². The van der Waals surface area contributed by atoms with E-state index in [2.05, 4.69) is 89.8 Å². The van der Waals surface area contributed by atoms with Gasteiger partial charge in [-0.25, -0.2) is 9.98 Å². The Balaban J connectivity index is -0.0000000188. The van der Waals surface area contributed by atoms with Crippen molar-refractivity contribution in [2.45, 2.75) is 14.4 Å². The summed E-state index contributed by atoms with van der Waals surface area (Å²) >= 11 is 17.2. The average Bonchev–Trinajstić information content (AvgIpc) is 2.76. The standard InChI is InChI=1S/2C3H4N3S.2C2H3NS.C2H6O.2CHN2.CH4.4Na/c2*1-5-3(7)6-2-4;2*1-3-2-4;1-2-3;2*2-1-3;;;;;/h2*1H3,(H,5,7);2*1H3;3H,2H2,1H3;2*2H;1H4;;;;/q2*-1;;;;2*-1;;4*+1. The maximum absolute atomic E-state index is 7.82. The van der Waals surface area contributed by atoms with Crippen LogP contribution in [0.1, 0.15) is 14.4 Å². The van der Waals surface area contributed by atoms with E-state index in [1.807, 2.05) is 0 Å². The maximum Gasteiger partial charge on any atom is 1.00 e. The smallest absolute Gasteiger partial charge is 0.494 e. The summed E-state index contributed by atoms with van der Waals surface area (Å²) in [6.45, 7) is 1.93. The van der Waals surface area contributed by atoms with Crippen molar-refractivity contribution in [2.75, 3.05) is 34.8 Å². The molecule has 0 rings (SSSR count). The summed E-state index contributed by atoms with van der Waals surface area (Å²) in [6.07, 6.45) is 2.00. The summed E-state index contributed by atoms with van der Waals surface area (Å²) in [4.78, 5) is 12.9. The largest absolute Gasteiger partial charge is 1.00 e. The number of hydrogen-bond acceptors (Lipinski definition) is 9. The second-order valence-electron chi connectivity index (χ2n) is 2.70. The molecule has 0 atom stereocenters. The number of nitrogens with zero attached hydrogens (tertiary/aromatic N) is 8. The molecule has 0 heterocycles. The van der Waals surface area contributed by atoms with E-state index in [9.17, 15) is 0 Å². The molecule has 5 N–H and O–H groups in total. The van der Waals surface area contributed by atoms with E-state index in [0.29, 0.717) is 0 Å². The van der Waals surface area contributed by atoms with Gasteiger partial charge in [0.05, 0.1) is 20.5 Å². The minimum Gasteiger partial charge on any atom is -0.494 e. The van der Waals surface area contributed by atoms with Crippen molar-refractivity contribution in [3.8, 4) is 12.4 Å². The van der Waals surface area contributed by atoms with Gasteiger partial charge in [-0.1, -0.05) is 44.2 Å². The number of nitriles is 2. The average molecular weight is 611 g/mol. The van der Waals surface area contributed by atoms with Crippen molar-refractivity contribution in [3.63, 3.8) is 0 Å². The molecule has 0 aliphatic heterocycles. The Labute approximate surface area is 324 Å². The molecule has 0 aromatic carbocycles. The number of isothiocyanates is 2. The minimum atomic E-state index is 0. The van der Waals surface area contributed by atoms with Crippen LogP contribution in [-0.2, 0) is 0 Å². The molecule has 0 aromatic rings. The molecule has 0 aromatic heterocycles. The maximum atomic E-state index is 7.82. The van der Waals surface area contributed by atoms with Crippen LogP contribution in [0.3, 0.4) is 0 Å². The van der Waals surface area contributed by atoms with Crippen molar-refractivity contribution >= 4 is 81.4 Å². The first-order valence-electron chi connectivity index (χ1n) is 6.97. The number of thiocarbonyl (C=S) groups is 4. The van der Waals surface area contributed by atoms with Gasteiger partial charge in [-0.3, -0.25) is 0 Å². The zero-order valence-electron chi connectivity index (χ0n) is 21.4. The zero-order valence-corrected chi connectivity index (χ0v) is 32.6. The molecule has 0 amide bonds. The van der Waals surface area contributed by atoms with E-state index >= 15 is 0 Å². The molecule has 0 fully saturated rings. The predicted octanol–water partition coefficient (Wildman–Crippen LogP) is -8.40. The number of aliphatic imine (C=N–C) groups is 4. The van der Waals surface area contributed by atoms with E-state index in [1.165, 1.54) is 12.0 Å². The van der Waals surface area contributed by atoms with Gasteiger partial charge in [0, 0.05) is 34.8 Å². The van der Waals surface area contributed by atoms with Gasteiger partial charge in [0.1, 0.15) is 0 Å². The Morgan fingerprint density at radius 3 is 1.00 bits per heavy atom. The van der Waals surface area contributed by atoms with Gasteiger partial charge in [0.25, 0.3) is 0 Å². The zero-order chi connectivity index (χ0) is 26.3. The van der Waals surface area contributed by atoms with Crippen LogP contribution in [0.2, 0.25) is 0 Å². The number of rotatable bonds is 0. The fraction of sp³-hybridized carbons (Fsp3) is 0.467. The Kier molecular flexibility index (Phi) is 236. The molecular weight excluding hydrogens is 584 g/mol. The Morgan fingerprint density at radius 2 is 0.972 bits per heavy atom. The van der Waals surface area contributed by atoms with Gasteiger partial charge < -0.3 is 58.5 Å². The summed E-state index contributed by atoms with van der Waals surface area (Å²) in [5.74, 6) is 0. The minimum absolute atomic E-state index is 0. The van der Waals surface area contributed by atoms with Crippen LogP contribution in [-0.4, -0.2) is 72.5 Å². The Bertz CT molecular complexity index is 638. The van der Waals surface area contributed by atoms with Gasteiger partial charge in [0.15, 0.2) is 0 Å². The molecule has 0 aliphatic rings. The van der Waals surface area contributed by atoms with Crippen LogP contribution >= 0.6 is 48.9 Å². The van der Waals surface area contributed by atoms with Gasteiger partial charge >= 0.3 is 118 Å². The third-order valence-corrected chi connectivity index (χ3v) is 1.87. The monoisotopic (exact) mass is 610 g/mol. The summed E-state index contributed by atoms with van der Waals surface area (Å²) in [6, 6.07) is 3.08. The third-order valence-electron chi connectivity index (χ3n) is 0.913. The molecule has 0 saturated carbocycles. The number of nitrogens with one attached hydrogen (secondary N) is 4. The molecular formula is C15H26N12Na4OS4. The van der Waals surface area contributed by atoms with Crippen molar-refractivity contribution in [3.05, 3.63) is 22.3 Å². The fourth-order valence-electron chi connectivity index (χ4n) is 0.203. The van der Waals surface area contributed by atoms with E-state index in [1.54, 1.807) is 35.1 Å². The fourth-order valence-corrected chi connectivity index (χ4v) is 0.284. The molecule has 0 bridgehead atoms. The molecule has 0 spiro atoms.